The lowest BCUT2D eigenvalue weighted by Gasteiger charge is -2.32. The van der Waals surface area contributed by atoms with E-state index in [9.17, 15) is 0 Å². The first-order valence-electron chi connectivity index (χ1n) is 8.72. The average Bonchev–Trinajstić information content (AvgIpc) is 2.63. The fourth-order valence-electron chi connectivity index (χ4n) is 3.48. The molecule has 2 aromatic carbocycles. The van der Waals surface area contributed by atoms with Crippen molar-refractivity contribution in [1.29, 1.82) is 0 Å². The maximum Gasteiger partial charge on any atom is 0.119 e. The van der Waals surface area contributed by atoms with Gasteiger partial charge < -0.3 is 4.74 Å². The van der Waals surface area contributed by atoms with Crippen molar-refractivity contribution in [3.05, 3.63) is 65.2 Å². The summed E-state index contributed by atoms with van der Waals surface area (Å²) in [7, 11) is 1.73. The van der Waals surface area contributed by atoms with Crippen LogP contribution in [-0.4, -0.2) is 25.1 Å². The summed E-state index contributed by atoms with van der Waals surface area (Å²) in [5.74, 6) is 1.68. The predicted molar refractivity (Wildman–Crippen MR) is 103 cm³/mol. The molecule has 130 valence electrons. The molecular weight excluding hydrogens is 318 g/mol. The predicted octanol–water partition coefficient (Wildman–Crippen LogP) is 5.06. The van der Waals surface area contributed by atoms with Crippen molar-refractivity contribution in [3.63, 3.8) is 0 Å². The number of methoxy groups -OCH3 is 1. The number of benzene rings is 2. The van der Waals surface area contributed by atoms with Gasteiger partial charge in [0.15, 0.2) is 0 Å². The van der Waals surface area contributed by atoms with Crippen molar-refractivity contribution < 1.29 is 4.74 Å². The standard InChI is InChI=1S/C21H27NO.ClH/c1-3-17-7-9-19(10-8-17)20-11-13-22(14-12-20)16-18-5-4-6-21(15-18)23-2;/h4-10,15,20H,3,11-14,16H2,1-2H3;1H. The number of likely N-dealkylation sites (tertiary alicyclic amines) is 1. The van der Waals surface area contributed by atoms with Gasteiger partial charge in [0.2, 0.25) is 0 Å². The molecule has 24 heavy (non-hydrogen) atoms. The average molecular weight is 346 g/mol. The van der Waals surface area contributed by atoms with E-state index in [1.807, 2.05) is 6.07 Å². The third-order valence-corrected chi connectivity index (χ3v) is 4.99. The maximum atomic E-state index is 5.32. The van der Waals surface area contributed by atoms with Gasteiger partial charge in [0.1, 0.15) is 5.75 Å². The summed E-state index contributed by atoms with van der Waals surface area (Å²) in [5, 5.41) is 0. The van der Waals surface area contributed by atoms with Gasteiger partial charge in [-0.3, -0.25) is 4.90 Å². The highest BCUT2D eigenvalue weighted by Gasteiger charge is 2.20. The molecule has 0 spiro atoms. The fourth-order valence-corrected chi connectivity index (χ4v) is 3.48. The molecule has 0 saturated carbocycles. The number of piperidine rings is 1. The Bertz CT molecular complexity index is 618. The number of ether oxygens (including phenoxy) is 1. The summed E-state index contributed by atoms with van der Waals surface area (Å²) < 4.78 is 5.32. The van der Waals surface area contributed by atoms with Crippen molar-refractivity contribution in [2.24, 2.45) is 0 Å². The lowest BCUT2D eigenvalue weighted by molar-refractivity contribution is 0.204. The second-order valence-electron chi connectivity index (χ2n) is 6.50. The third-order valence-electron chi connectivity index (χ3n) is 4.99. The molecule has 2 nitrogen and oxygen atoms in total. The highest BCUT2D eigenvalue weighted by atomic mass is 35.5. The van der Waals surface area contributed by atoms with Gasteiger partial charge in [0.05, 0.1) is 7.11 Å². The van der Waals surface area contributed by atoms with Crippen LogP contribution in [0.1, 0.15) is 42.4 Å². The molecule has 0 N–H and O–H groups in total. The van der Waals surface area contributed by atoms with Crippen LogP contribution in [0, 0.1) is 0 Å². The zero-order valence-corrected chi connectivity index (χ0v) is 15.5. The van der Waals surface area contributed by atoms with Gasteiger partial charge in [-0.1, -0.05) is 43.3 Å². The smallest absolute Gasteiger partial charge is 0.119 e. The van der Waals surface area contributed by atoms with Crippen LogP contribution in [0.2, 0.25) is 0 Å². The molecule has 0 atom stereocenters. The van der Waals surface area contributed by atoms with Gasteiger partial charge in [0, 0.05) is 6.54 Å². The summed E-state index contributed by atoms with van der Waals surface area (Å²) >= 11 is 0. The Morgan fingerprint density at radius 2 is 1.71 bits per heavy atom. The minimum atomic E-state index is 0. The molecule has 0 aliphatic carbocycles. The monoisotopic (exact) mass is 345 g/mol. The van der Waals surface area contributed by atoms with Gasteiger partial charge in [-0.05, 0) is 67.1 Å². The summed E-state index contributed by atoms with van der Waals surface area (Å²) in [5.41, 5.74) is 4.29. The van der Waals surface area contributed by atoms with Gasteiger partial charge in [-0.15, -0.1) is 12.4 Å². The zero-order chi connectivity index (χ0) is 16.1. The van der Waals surface area contributed by atoms with Gasteiger partial charge >= 0.3 is 0 Å². The second kappa shape index (κ2) is 9.10. The molecule has 1 saturated heterocycles. The first-order chi connectivity index (χ1) is 11.3. The van der Waals surface area contributed by atoms with Gasteiger partial charge in [-0.2, -0.15) is 0 Å². The van der Waals surface area contributed by atoms with Crippen molar-refractivity contribution in [1.82, 2.24) is 4.90 Å². The molecule has 3 heteroatoms. The van der Waals surface area contributed by atoms with Crippen LogP contribution in [0.15, 0.2) is 48.5 Å². The lowest BCUT2D eigenvalue weighted by Crippen LogP contribution is -2.32. The minimum Gasteiger partial charge on any atom is -0.497 e. The van der Waals surface area contributed by atoms with E-state index in [1.165, 1.54) is 42.6 Å². The number of hydrogen-bond donors (Lipinski definition) is 0. The Kier molecular flexibility index (Phi) is 7.14. The van der Waals surface area contributed by atoms with Crippen molar-refractivity contribution in [2.45, 2.75) is 38.6 Å². The van der Waals surface area contributed by atoms with E-state index in [4.69, 9.17) is 4.74 Å². The Balaban J connectivity index is 0.00000208. The molecule has 1 aliphatic heterocycles. The quantitative estimate of drug-likeness (QED) is 0.751. The number of halogens is 1. The number of rotatable bonds is 5. The van der Waals surface area contributed by atoms with E-state index in [1.54, 1.807) is 7.11 Å². The fraction of sp³-hybridized carbons (Fsp3) is 0.429. The highest BCUT2D eigenvalue weighted by molar-refractivity contribution is 5.85. The molecule has 3 rings (SSSR count). The number of hydrogen-bond acceptors (Lipinski definition) is 2. The van der Waals surface area contributed by atoms with E-state index >= 15 is 0 Å². The summed E-state index contributed by atoms with van der Waals surface area (Å²) in [6.07, 6.45) is 3.64. The first-order valence-corrected chi connectivity index (χ1v) is 8.72. The number of nitrogens with zero attached hydrogens (tertiary/aromatic N) is 1. The van der Waals surface area contributed by atoms with E-state index in [0.29, 0.717) is 0 Å². The minimum absolute atomic E-state index is 0. The van der Waals surface area contributed by atoms with Crippen LogP contribution < -0.4 is 4.74 Å². The summed E-state index contributed by atoms with van der Waals surface area (Å²) in [6.45, 7) is 5.60. The van der Waals surface area contributed by atoms with Gasteiger partial charge in [0.25, 0.3) is 0 Å². The first kappa shape index (κ1) is 18.8. The Labute approximate surface area is 152 Å². The Morgan fingerprint density at radius 3 is 2.33 bits per heavy atom. The molecular formula is C21H28ClNO. The normalized spacial score (nSPS) is 15.8. The Hall–Kier alpha value is -1.51. The summed E-state index contributed by atoms with van der Waals surface area (Å²) in [4.78, 5) is 2.56. The van der Waals surface area contributed by atoms with Crippen molar-refractivity contribution in [2.75, 3.05) is 20.2 Å². The van der Waals surface area contributed by atoms with Crippen LogP contribution in [0.5, 0.6) is 5.75 Å². The van der Waals surface area contributed by atoms with Crippen molar-refractivity contribution in [3.8, 4) is 5.75 Å². The van der Waals surface area contributed by atoms with E-state index < -0.39 is 0 Å². The van der Waals surface area contributed by atoms with Crippen molar-refractivity contribution >= 4 is 12.4 Å². The molecule has 0 unspecified atom stereocenters. The van der Waals surface area contributed by atoms with E-state index in [2.05, 4.69) is 54.3 Å². The summed E-state index contributed by atoms with van der Waals surface area (Å²) in [6, 6.07) is 17.7. The van der Waals surface area contributed by atoms with Crippen LogP contribution in [-0.2, 0) is 13.0 Å². The molecule has 1 aliphatic rings. The third kappa shape index (κ3) is 4.75. The van der Waals surface area contributed by atoms with E-state index in [0.717, 1.165) is 24.6 Å². The Morgan fingerprint density at radius 1 is 1.00 bits per heavy atom. The SMILES string of the molecule is CCc1ccc(C2CCN(Cc3cccc(OC)c3)CC2)cc1.Cl. The zero-order valence-electron chi connectivity index (χ0n) is 14.7. The van der Waals surface area contributed by atoms with Gasteiger partial charge in [-0.25, -0.2) is 0 Å². The lowest BCUT2D eigenvalue weighted by atomic mass is 9.88. The highest BCUT2D eigenvalue weighted by Crippen LogP contribution is 2.29. The molecule has 0 aromatic heterocycles. The number of aryl methyl sites for hydroxylation is 1. The van der Waals surface area contributed by atoms with Crippen LogP contribution in [0.4, 0.5) is 0 Å². The molecule has 0 amide bonds. The second-order valence-corrected chi connectivity index (χ2v) is 6.50. The largest absolute Gasteiger partial charge is 0.497 e. The van der Waals surface area contributed by atoms with Crippen LogP contribution >= 0.6 is 12.4 Å². The molecule has 0 radical (unpaired) electrons. The molecule has 1 fully saturated rings. The molecule has 2 aromatic rings. The molecule has 1 heterocycles. The van der Waals surface area contributed by atoms with E-state index in [-0.39, 0.29) is 12.4 Å². The molecule has 0 bridgehead atoms. The van der Waals surface area contributed by atoms with Crippen LogP contribution in [0.3, 0.4) is 0 Å². The van der Waals surface area contributed by atoms with Crippen LogP contribution in [0.25, 0.3) is 0 Å². The maximum absolute atomic E-state index is 5.32. The topological polar surface area (TPSA) is 12.5 Å².